The van der Waals surface area contributed by atoms with Gasteiger partial charge < -0.3 is 15.5 Å². The summed E-state index contributed by atoms with van der Waals surface area (Å²) in [6.45, 7) is 2.44. The highest BCUT2D eigenvalue weighted by Gasteiger charge is 2.07. The molecule has 0 bridgehead atoms. The van der Waals surface area contributed by atoms with Gasteiger partial charge in [-0.15, -0.1) is 0 Å². The van der Waals surface area contributed by atoms with Crippen LogP contribution in [0, 0.1) is 5.82 Å². The number of benzene rings is 2. The molecule has 2 aromatic carbocycles. The van der Waals surface area contributed by atoms with E-state index >= 15 is 0 Å². The van der Waals surface area contributed by atoms with E-state index in [1.807, 2.05) is 13.0 Å². The summed E-state index contributed by atoms with van der Waals surface area (Å²) in [5.74, 6) is -0.740. The van der Waals surface area contributed by atoms with Crippen LogP contribution in [0.1, 0.15) is 24.1 Å². The van der Waals surface area contributed by atoms with Gasteiger partial charge in [0.15, 0.2) is 11.6 Å². The molecule has 3 N–H and O–H groups in total. The van der Waals surface area contributed by atoms with Crippen molar-refractivity contribution in [2.45, 2.75) is 19.5 Å². The van der Waals surface area contributed by atoms with E-state index in [0.717, 1.165) is 11.1 Å². The zero-order valence-electron chi connectivity index (χ0n) is 10.6. The van der Waals surface area contributed by atoms with Crippen LogP contribution in [0.25, 0.3) is 0 Å². The maximum absolute atomic E-state index is 13.2. The van der Waals surface area contributed by atoms with Gasteiger partial charge in [-0.3, -0.25) is 0 Å². The van der Waals surface area contributed by atoms with Crippen LogP contribution in [0.4, 0.5) is 4.39 Å². The summed E-state index contributed by atoms with van der Waals surface area (Å²) < 4.78 is 13.2. The Hall–Kier alpha value is -2.07. The van der Waals surface area contributed by atoms with Gasteiger partial charge in [-0.1, -0.05) is 18.2 Å². The molecule has 0 spiro atoms. The third-order valence-electron chi connectivity index (χ3n) is 2.99. The number of aromatic hydroxyl groups is 2. The fraction of sp³-hybridized carbons (Fsp3) is 0.200. The number of rotatable bonds is 4. The Labute approximate surface area is 111 Å². The van der Waals surface area contributed by atoms with Crippen molar-refractivity contribution in [1.29, 1.82) is 0 Å². The van der Waals surface area contributed by atoms with Crippen molar-refractivity contribution >= 4 is 0 Å². The zero-order chi connectivity index (χ0) is 13.8. The van der Waals surface area contributed by atoms with E-state index < -0.39 is 5.82 Å². The molecular weight excluding hydrogens is 245 g/mol. The molecule has 0 aliphatic heterocycles. The van der Waals surface area contributed by atoms with Gasteiger partial charge in [0.1, 0.15) is 5.75 Å². The Bertz CT molecular complexity index is 572. The molecule has 100 valence electrons. The predicted octanol–water partition coefficient (Wildman–Crippen LogP) is 3.09. The van der Waals surface area contributed by atoms with Crippen molar-refractivity contribution in [3.63, 3.8) is 0 Å². The van der Waals surface area contributed by atoms with Crippen molar-refractivity contribution in [2.75, 3.05) is 0 Å². The number of phenols is 2. The third-order valence-corrected chi connectivity index (χ3v) is 2.99. The quantitative estimate of drug-likeness (QED) is 0.792. The maximum Gasteiger partial charge on any atom is 0.165 e. The number of nitrogens with one attached hydrogen (secondary N) is 1. The van der Waals surface area contributed by atoms with Crippen LogP contribution in [-0.2, 0) is 6.54 Å². The fourth-order valence-corrected chi connectivity index (χ4v) is 1.84. The molecule has 1 atom stereocenters. The SMILES string of the molecule is CC(NCc1ccc(O)c(F)c1)c1cccc(O)c1. The Morgan fingerprint density at radius 3 is 2.63 bits per heavy atom. The van der Waals surface area contributed by atoms with Crippen molar-refractivity contribution < 1.29 is 14.6 Å². The van der Waals surface area contributed by atoms with Crippen molar-refractivity contribution in [2.24, 2.45) is 0 Å². The first-order chi connectivity index (χ1) is 9.06. The molecule has 0 fully saturated rings. The lowest BCUT2D eigenvalue weighted by Crippen LogP contribution is -2.18. The van der Waals surface area contributed by atoms with Gasteiger partial charge in [-0.25, -0.2) is 4.39 Å². The Kier molecular flexibility index (Phi) is 4.02. The topological polar surface area (TPSA) is 52.5 Å². The first-order valence-corrected chi connectivity index (χ1v) is 6.06. The van der Waals surface area contributed by atoms with Gasteiger partial charge in [0.05, 0.1) is 0 Å². The summed E-state index contributed by atoms with van der Waals surface area (Å²) in [5, 5.41) is 21.7. The lowest BCUT2D eigenvalue weighted by atomic mass is 10.1. The molecule has 0 amide bonds. The van der Waals surface area contributed by atoms with Gasteiger partial charge in [0.25, 0.3) is 0 Å². The Morgan fingerprint density at radius 2 is 1.95 bits per heavy atom. The van der Waals surface area contributed by atoms with E-state index in [9.17, 15) is 9.50 Å². The number of hydrogen-bond acceptors (Lipinski definition) is 3. The van der Waals surface area contributed by atoms with E-state index in [1.165, 1.54) is 12.1 Å². The molecule has 1 unspecified atom stereocenters. The van der Waals surface area contributed by atoms with Gasteiger partial charge in [-0.05, 0) is 42.3 Å². The average Bonchev–Trinajstić information content (AvgIpc) is 2.40. The second kappa shape index (κ2) is 5.71. The molecule has 3 nitrogen and oxygen atoms in total. The van der Waals surface area contributed by atoms with Gasteiger partial charge in [-0.2, -0.15) is 0 Å². The molecule has 19 heavy (non-hydrogen) atoms. The summed E-state index contributed by atoms with van der Waals surface area (Å²) >= 11 is 0. The molecule has 2 rings (SSSR count). The summed E-state index contributed by atoms with van der Waals surface area (Å²) in [7, 11) is 0. The summed E-state index contributed by atoms with van der Waals surface area (Å²) in [6, 6.07) is 11.3. The fourth-order valence-electron chi connectivity index (χ4n) is 1.84. The second-order valence-corrected chi connectivity index (χ2v) is 4.48. The molecular formula is C15H16FNO2. The van der Waals surface area contributed by atoms with E-state index in [-0.39, 0.29) is 17.5 Å². The molecule has 0 heterocycles. The molecule has 0 aromatic heterocycles. The van der Waals surface area contributed by atoms with E-state index in [0.29, 0.717) is 6.54 Å². The monoisotopic (exact) mass is 261 g/mol. The smallest absolute Gasteiger partial charge is 0.165 e. The van der Waals surface area contributed by atoms with E-state index in [4.69, 9.17) is 5.11 Å². The number of halogens is 1. The van der Waals surface area contributed by atoms with Gasteiger partial charge in [0, 0.05) is 12.6 Å². The minimum Gasteiger partial charge on any atom is -0.508 e. The molecule has 0 aliphatic rings. The van der Waals surface area contributed by atoms with Gasteiger partial charge in [0.2, 0.25) is 0 Å². The first kappa shape index (κ1) is 13.4. The van der Waals surface area contributed by atoms with Gasteiger partial charge >= 0.3 is 0 Å². The molecule has 0 saturated carbocycles. The van der Waals surface area contributed by atoms with Crippen molar-refractivity contribution in [3.05, 3.63) is 59.4 Å². The van der Waals surface area contributed by atoms with Crippen molar-refractivity contribution in [1.82, 2.24) is 5.32 Å². The highest BCUT2D eigenvalue weighted by atomic mass is 19.1. The normalized spacial score (nSPS) is 12.3. The second-order valence-electron chi connectivity index (χ2n) is 4.48. The predicted molar refractivity (Wildman–Crippen MR) is 71.4 cm³/mol. The number of hydrogen-bond donors (Lipinski definition) is 3. The van der Waals surface area contributed by atoms with Crippen LogP contribution < -0.4 is 5.32 Å². The summed E-state index contributed by atoms with van der Waals surface area (Å²) in [5.41, 5.74) is 1.71. The molecule has 0 saturated heterocycles. The lowest BCUT2D eigenvalue weighted by Gasteiger charge is -2.14. The third kappa shape index (κ3) is 3.45. The average molecular weight is 261 g/mol. The summed E-state index contributed by atoms with van der Waals surface area (Å²) in [4.78, 5) is 0. The zero-order valence-corrected chi connectivity index (χ0v) is 10.6. The first-order valence-electron chi connectivity index (χ1n) is 6.06. The van der Waals surface area contributed by atoms with Crippen LogP contribution in [0.5, 0.6) is 11.5 Å². The Balaban J connectivity index is 2.00. The summed E-state index contributed by atoms with van der Waals surface area (Å²) in [6.07, 6.45) is 0. The van der Waals surface area contributed by atoms with Crippen LogP contribution in [-0.4, -0.2) is 10.2 Å². The van der Waals surface area contributed by atoms with Crippen LogP contribution in [0.3, 0.4) is 0 Å². The standard InChI is InChI=1S/C15H16FNO2/c1-10(12-3-2-4-13(18)8-12)17-9-11-5-6-15(19)14(16)7-11/h2-8,10,17-19H,9H2,1H3. The lowest BCUT2D eigenvalue weighted by molar-refractivity contribution is 0.431. The molecule has 0 aliphatic carbocycles. The minimum absolute atomic E-state index is 0.0314. The van der Waals surface area contributed by atoms with Crippen LogP contribution in [0.15, 0.2) is 42.5 Å². The van der Waals surface area contributed by atoms with Crippen LogP contribution in [0.2, 0.25) is 0 Å². The maximum atomic E-state index is 13.2. The van der Waals surface area contributed by atoms with Crippen molar-refractivity contribution in [3.8, 4) is 11.5 Å². The minimum atomic E-state index is -0.621. The van der Waals surface area contributed by atoms with Crippen LogP contribution >= 0.6 is 0 Å². The highest BCUT2D eigenvalue weighted by molar-refractivity contribution is 5.30. The molecule has 4 heteroatoms. The molecule has 2 aromatic rings. The number of phenolic OH excluding ortho intramolecular Hbond substituents is 2. The largest absolute Gasteiger partial charge is 0.508 e. The molecule has 0 radical (unpaired) electrons. The van der Waals surface area contributed by atoms with E-state index in [1.54, 1.807) is 24.3 Å². The van der Waals surface area contributed by atoms with E-state index in [2.05, 4.69) is 5.32 Å². The Morgan fingerprint density at radius 1 is 1.16 bits per heavy atom. The highest BCUT2D eigenvalue weighted by Crippen LogP contribution is 2.19.